The van der Waals surface area contributed by atoms with E-state index < -0.39 is 0 Å². The van der Waals surface area contributed by atoms with Crippen molar-refractivity contribution >= 4 is 17.7 Å². The highest BCUT2D eigenvalue weighted by molar-refractivity contribution is 7.99. The van der Waals surface area contributed by atoms with Crippen molar-refractivity contribution in [1.29, 1.82) is 0 Å². The molecule has 0 aliphatic carbocycles. The Balaban J connectivity index is 1.68. The Kier molecular flexibility index (Phi) is 6.32. The molecule has 31 heavy (non-hydrogen) atoms. The third kappa shape index (κ3) is 4.32. The van der Waals surface area contributed by atoms with E-state index in [4.69, 9.17) is 9.47 Å². The normalized spacial score (nSPS) is 15.3. The molecule has 0 radical (unpaired) electrons. The van der Waals surface area contributed by atoms with E-state index in [1.165, 1.54) is 18.0 Å². The number of ether oxygens (including phenoxy) is 2. The van der Waals surface area contributed by atoms with Crippen molar-refractivity contribution in [2.24, 2.45) is 0 Å². The molecule has 1 aliphatic heterocycles. The molecule has 1 atom stereocenters. The predicted molar refractivity (Wildman–Crippen MR) is 119 cm³/mol. The number of fused-ring (bicyclic) bond motifs is 1. The van der Waals surface area contributed by atoms with Crippen LogP contribution in [0.5, 0.6) is 11.5 Å². The number of thioether (sulfide) groups is 1. The first-order chi connectivity index (χ1) is 15.1. The van der Waals surface area contributed by atoms with E-state index in [-0.39, 0.29) is 17.7 Å². The molecule has 160 valence electrons. The number of carbonyl (C=O) groups is 1. The van der Waals surface area contributed by atoms with Crippen LogP contribution in [0.4, 0.5) is 0 Å². The number of carbonyl (C=O) groups excluding carboxylic acids is 1. The molecule has 0 N–H and O–H groups in total. The lowest BCUT2D eigenvalue weighted by molar-refractivity contribution is -0.645. The number of rotatable bonds is 6. The van der Waals surface area contributed by atoms with Crippen LogP contribution in [0.15, 0.2) is 71.9 Å². The van der Waals surface area contributed by atoms with Crippen LogP contribution in [0.3, 0.4) is 0 Å². The summed E-state index contributed by atoms with van der Waals surface area (Å²) in [5.41, 5.74) is 3.21. The third-order valence-corrected chi connectivity index (χ3v) is 6.44. The van der Waals surface area contributed by atoms with Crippen LogP contribution >= 0.6 is 11.8 Å². The molecule has 1 aromatic heterocycles. The Morgan fingerprint density at radius 2 is 1.81 bits per heavy atom. The highest BCUT2D eigenvalue weighted by atomic mass is 32.2. The van der Waals surface area contributed by atoms with Gasteiger partial charge in [0.05, 0.1) is 26.0 Å². The molecule has 6 nitrogen and oxygen atoms in total. The fourth-order valence-corrected chi connectivity index (χ4v) is 4.75. The highest BCUT2D eigenvalue weighted by Gasteiger charge is 2.33. The van der Waals surface area contributed by atoms with Gasteiger partial charge in [0.2, 0.25) is 5.91 Å². The van der Waals surface area contributed by atoms with Crippen LogP contribution in [0, 0.1) is 5.21 Å². The number of amides is 1. The predicted octanol–water partition coefficient (Wildman–Crippen LogP) is 3.60. The molecule has 1 amide bonds. The van der Waals surface area contributed by atoms with Gasteiger partial charge in [-0.3, -0.25) is 4.79 Å². The minimum atomic E-state index is -0.229. The lowest BCUT2D eigenvalue weighted by Crippen LogP contribution is -2.41. The number of pyridine rings is 1. The van der Waals surface area contributed by atoms with Crippen molar-refractivity contribution in [3.8, 4) is 11.5 Å². The highest BCUT2D eigenvalue weighted by Crippen LogP contribution is 2.41. The summed E-state index contributed by atoms with van der Waals surface area (Å²) < 4.78 is 11.8. The van der Waals surface area contributed by atoms with Gasteiger partial charge in [-0.15, -0.1) is 0 Å². The van der Waals surface area contributed by atoms with Gasteiger partial charge >= 0.3 is 0 Å². The van der Waals surface area contributed by atoms with Crippen molar-refractivity contribution in [1.82, 2.24) is 4.90 Å². The summed E-state index contributed by atoms with van der Waals surface area (Å²) in [5, 5.41) is 12.4. The van der Waals surface area contributed by atoms with Crippen LogP contribution in [-0.2, 0) is 11.2 Å². The Labute approximate surface area is 186 Å². The molecule has 1 aliphatic rings. The summed E-state index contributed by atoms with van der Waals surface area (Å²) in [6, 6.07) is 18.9. The van der Waals surface area contributed by atoms with E-state index in [1.807, 2.05) is 47.4 Å². The van der Waals surface area contributed by atoms with Crippen LogP contribution in [0.25, 0.3) is 0 Å². The SMILES string of the molecule is COc1cc2c(cc1OC)[C@@H](c1ccccc1)N(C(=O)CSc1cccc[n+]1[O-])CC2. The quantitative estimate of drug-likeness (QED) is 0.336. The van der Waals surface area contributed by atoms with E-state index in [2.05, 4.69) is 0 Å². The van der Waals surface area contributed by atoms with Gasteiger partial charge in [-0.2, -0.15) is 4.73 Å². The molecule has 0 saturated carbocycles. The molecule has 2 aromatic carbocycles. The molecule has 0 fully saturated rings. The van der Waals surface area contributed by atoms with Crippen molar-refractivity contribution in [3.05, 3.63) is 88.8 Å². The summed E-state index contributed by atoms with van der Waals surface area (Å²) in [7, 11) is 3.24. The molecule has 0 saturated heterocycles. The Morgan fingerprint density at radius 1 is 1.10 bits per heavy atom. The minimum absolute atomic E-state index is 0.0110. The third-order valence-electron chi connectivity index (χ3n) is 5.44. The van der Waals surface area contributed by atoms with E-state index in [0.29, 0.717) is 23.1 Å². The lowest BCUT2D eigenvalue weighted by Gasteiger charge is -2.38. The number of hydrogen-bond acceptors (Lipinski definition) is 5. The maximum absolute atomic E-state index is 13.3. The van der Waals surface area contributed by atoms with Gasteiger partial charge in [0.1, 0.15) is 0 Å². The fourth-order valence-electron chi connectivity index (χ4n) is 3.95. The lowest BCUT2D eigenvalue weighted by atomic mass is 9.87. The van der Waals surface area contributed by atoms with E-state index in [0.717, 1.165) is 27.8 Å². The summed E-state index contributed by atoms with van der Waals surface area (Å²) >= 11 is 1.26. The zero-order chi connectivity index (χ0) is 21.8. The minimum Gasteiger partial charge on any atom is -0.618 e. The maximum atomic E-state index is 13.3. The van der Waals surface area contributed by atoms with E-state index in [1.54, 1.807) is 32.4 Å². The fraction of sp³-hybridized carbons (Fsp3) is 0.250. The first-order valence-corrected chi connectivity index (χ1v) is 11.0. The van der Waals surface area contributed by atoms with Gasteiger partial charge in [0.25, 0.3) is 5.03 Å². The maximum Gasteiger partial charge on any atom is 0.251 e. The molecular weight excluding hydrogens is 412 g/mol. The molecule has 3 aromatic rings. The average molecular weight is 437 g/mol. The van der Waals surface area contributed by atoms with Crippen LogP contribution in [0.1, 0.15) is 22.7 Å². The molecule has 0 bridgehead atoms. The summed E-state index contributed by atoms with van der Waals surface area (Å²) in [4.78, 5) is 15.2. The van der Waals surface area contributed by atoms with Gasteiger partial charge in [0, 0.05) is 18.7 Å². The zero-order valence-corrected chi connectivity index (χ0v) is 18.3. The molecular formula is C24H24N2O4S. The Bertz CT molecular complexity index is 1070. The van der Waals surface area contributed by atoms with Crippen molar-refractivity contribution in [2.45, 2.75) is 17.5 Å². The zero-order valence-electron chi connectivity index (χ0n) is 17.5. The Morgan fingerprint density at radius 3 is 2.52 bits per heavy atom. The number of benzene rings is 2. The van der Waals surface area contributed by atoms with Gasteiger partial charge in [0.15, 0.2) is 17.7 Å². The Hall–Kier alpha value is -3.19. The molecule has 2 heterocycles. The van der Waals surface area contributed by atoms with Crippen molar-refractivity contribution in [3.63, 3.8) is 0 Å². The average Bonchev–Trinajstić information content (AvgIpc) is 2.82. The van der Waals surface area contributed by atoms with Gasteiger partial charge in [-0.05, 0) is 53.1 Å². The summed E-state index contributed by atoms with van der Waals surface area (Å²) in [6.45, 7) is 0.591. The van der Waals surface area contributed by atoms with Crippen LogP contribution in [0.2, 0.25) is 0 Å². The number of hydrogen-bond donors (Lipinski definition) is 0. The molecule has 4 rings (SSSR count). The van der Waals surface area contributed by atoms with Crippen molar-refractivity contribution in [2.75, 3.05) is 26.5 Å². The van der Waals surface area contributed by atoms with Crippen LogP contribution in [-0.4, -0.2) is 37.3 Å². The van der Waals surface area contributed by atoms with Gasteiger partial charge in [-0.25, -0.2) is 0 Å². The first kappa shape index (κ1) is 21.1. The molecule has 7 heteroatoms. The number of aromatic nitrogens is 1. The standard InChI is InChI=1S/C24H24N2O4S/c1-29-20-14-18-11-13-25(22(27)16-31-23-10-6-7-12-26(23)28)24(17-8-4-3-5-9-17)19(18)15-21(20)30-2/h3-10,12,14-15,24H,11,13,16H2,1-2H3/t24-/m1/s1. The monoisotopic (exact) mass is 436 g/mol. The smallest absolute Gasteiger partial charge is 0.251 e. The topological polar surface area (TPSA) is 65.7 Å². The van der Waals surface area contributed by atoms with Crippen LogP contribution < -0.4 is 14.2 Å². The molecule has 0 spiro atoms. The second kappa shape index (κ2) is 9.31. The molecule has 0 unspecified atom stereocenters. The van der Waals surface area contributed by atoms with E-state index in [9.17, 15) is 10.0 Å². The second-order valence-corrected chi connectivity index (χ2v) is 8.21. The number of nitrogens with zero attached hydrogens (tertiary/aromatic N) is 2. The van der Waals surface area contributed by atoms with Gasteiger partial charge in [-0.1, -0.05) is 30.3 Å². The summed E-state index contributed by atoms with van der Waals surface area (Å²) in [5.74, 6) is 1.51. The first-order valence-electron chi connectivity index (χ1n) is 10.0. The largest absolute Gasteiger partial charge is 0.618 e. The van der Waals surface area contributed by atoms with Crippen molar-refractivity contribution < 1.29 is 19.0 Å². The van der Waals surface area contributed by atoms with E-state index >= 15 is 0 Å². The second-order valence-electron chi connectivity index (χ2n) is 7.21. The van der Waals surface area contributed by atoms with Gasteiger partial charge < -0.3 is 19.6 Å². The summed E-state index contributed by atoms with van der Waals surface area (Å²) in [6.07, 6.45) is 2.17. The number of methoxy groups -OCH3 is 2.